The van der Waals surface area contributed by atoms with Crippen LogP contribution in [-0.2, 0) is 15.9 Å². The first-order valence-corrected chi connectivity index (χ1v) is 14.0. The number of unbranched alkanes of at least 4 members (excludes halogenated alkanes) is 6. The van der Waals surface area contributed by atoms with Crippen molar-refractivity contribution in [1.29, 1.82) is 0 Å². The highest BCUT2D eigenvalue weighted by molar-refractivity contribution is 5.58. The van der Waals surface area contributed by atoms with Crippen molar-refractivity contribution in [2.45, 2.75) is 136 Å². The number of alkyl halides is 3. The summed E-state index contributed by atoms with van der Waals surface area (Å²) in [5.41, 5.74) is 4.49. The summed E-state index contributed by atoms with van der Waals surface area (Å²) in [5.74, 6) is 1.84. The smallest absolute Gasteiger partial charge is 0.389 e. The van der Waals surface area contributed by atoms with E-state index in [9.17, 15) is 13.2 Å². The Balaban J connectivity index is 1.62. The van der Waals surface area contributed by atoms with Crippen LogP contribution in [0.5, 0.6) is 11.5 Å². The molecule has 0 aromatic heterocycles. The summed E-state index contributed by atoms with van der Waals surface area (Å²) >= 11 is 0. The quantitative estimate of drug-likeness (QED) is 0.247. The fourth-order valence-electron chi connectivity index (χ4n) is 5.18. The van der Waals surface area contributed by atoms with Crippen molar-refractivity contribution >= 4 is 0 Å². The van der Waals surface area contributed by atoms with E-state index in [4.69, 9.17) is 18.9 Å². The summed E-state index contributed by atoms with van der Waals surface area (Å²) in [4.78, 5) is 0. The van der Waals surface area contributed by atoms with E-state index < -0.39 is 12.6 Å². The molecular weight excluding hydrogens is 469 g/mol. The van der Waals surface area contributed by atoms with Gasteiger partial charge in [0.2, 0.25) is 0 Å². The van der Waals surface area contributed by atoms with Crippen molar-refractivity contribution in [3.63, 3.8) is 0 Å². The van der Waals surface area contributed by atoms with Crippen LogP contribution in [0.1, 0.15) is 112 Å². The minimum atomic E-state index is -4.03. The zero-order chi connectivity index (χ0) is 26.0. The first kappa shape index (κ1) is 29.1. The van der Waals surface area contributed by atoms with Crippen molar-refractivity contribution < 1.29 is 32.1 Å². The monoisotopic (exact) mass is 514 g/mol. The fraction of sp³-hybridized carbons (Fsp3) is 0.793. The van der Waals surface area contributed by atoms with Gasteiger partial charge in [0, 0.05) is 24.8 Å². The fourth-order valence-corrected chi connectivity index (χ4v) is 5.18. The molecule has 0 spiro atoms. The van der Waals surface area contributed by atoms with Gasteiger partial charge in [0.1, 0.15) is 11.5 Å². The number of halogens is 3. The maximum atomic E-state index is 12.3. The summed E-state index contributed by atoms with van der Waals surface area (Å²) in [7, 11) is 0. The number of ether oxygens (including phenoxy) is 4. The van der Waals surface area contributed by atoms with Gasteiger partial charge in [-0.05, 0) is 82.4 Å². The van der Waals surface area contributed by atoms with Crippen LogP contribution in [0.15, 0.2) is 0 Å². The van der Waals surface area contributed by atoms with Gasteiger partial charge >= 0.3 is 6.18 Å². The summed E-state index contributed by atoms with van der Waals surface area (Å²) in [5, 5.41) is 0. The van der Waals surface area contributed by atoms with E-state index in [-0.39, 0.29) is 19.0 Å². The second-order valence-electron chi connectivity index (χ2n) is 10.4. The van der Waals surface area contributed by atoms with Gasteiger partial charge in [-0.2, -0.15) is 13.2 Å². The van der Waals surface area contributed by atoms with Crippen molar-refractivity contribution in [2.75, 3.05) is 13.2 Å². The van der Waals surface area contributed by atoms with Gasteiger partial charge in [-0.15, -0.1) is 0 Å². The molecule has 206 valence electrons. The van der Waals surface area contributed by atoms with Crippen molar-refractivity contribution in [3.05, 3.63) is 22.3 Å². The lowest BCUT2D eigenvalue weighted by molar-refractivity contribution is -0.135. The molecule has 3 rings (SSSR count). The maximum Gasteiger partial charge on any atom is 0.389 e. The minimum Gasteiger partial charge on any atom is -0.464 e. The number of hydrogen-bond acceptors (Lipinski definition) is 4. The molecule has 2 heterocycles. The Hall–Kier alpha value is -1.47. The van der Waals surface area contributed by atoms with E-state index in [1.807, 2.05) is 0 Å². The molecule has 7 heteroatoms. The molecule has 0 aliphatic carbocycles. The van der Waals surface area contributed by atoms with Gasteiger partial charge in [0.25, 0.3) is 0 Å². The maximum absolute atomic E-state index is 12.3. The molecule has 2 aliphatic heterocycles. The number of hydrogen-bond donors (Lipinski definition) is 0. The Morgan fingerprint density at radius 3 is 1.69 bits per heavy atom. The Bertz CT molecular complexity index is 797. The third-order valence-electron chi connectivity index (χ3n) is 7.47. The molecule has 2 fully saturated rings. The SMILES string of the molecule is Cc1c(C)c(OC2CCCCO2)c(CCCCCCCCCC(F)(F)F)c(C)c1OC1CCCCO1. The second kappa shape index (κ2) is 14.5. The van der Waals surface area contributed by atoms with E-state index in [2.05, 4.69) is 20.8 Å². The standard InChI is InChI=1S/C29H45F3O4/c1-21-22(2)28(36-26-17-11-14-20-34-26)24(23(3)27(21)35-25-16-10-13-19-33-25)15-9-7-5-4-6-8-12-18-29(30,31)32/h25-26H,4-20H2,1-3H3. The molecule has 1 aromatic rings. The lowest BCUT2D eigenvalue weighted by Crippen LogP contribution is -2.27. The highest BCUT2D eigenvalue weighted by Gasteiger charge is 2.27. The first-order valence-electron chi connectivity index (χ1n) is 14.0. The summed E-state index contributed by atoms with van der Waals surface area (Å²) in [6.45, 7) is 7.80. The Labute approximate surface area is 215 Å². The van der Waals surface area contributed by atoms with Crippen LogP contribution in [0.4, 0.5) is 13.2 Å². The lowest BCUT2D eigenvalue weighted by Gasteiger charge is -2.30. The third kappa shape index (κ3) is 9.13. The van der Waals surface area contributed by atoms with Crippen molar-refractivity contribution in [3.8, 4) is 11.5 Å². The molecule has 2 saturated heterocycles. The van der Waals surface area contributed by atoms with Crippen LogP contribution in [0.2, 0.25) is 0 Å². The van der Waals surface area contributed by atoms with Gasteiger partial charge < -0.3 is 18.9 Å². The van der Waals surface area contributed by atoms with Gasteiger partial charge in [-0.1, -0.05) is 32.1 Å². The number of benzene rings is 1. The van der Waals surface area contributed by atoms with Gasteiger partial charge in [0.05, 0.1) is 13.2 Å². The van der Waals surface area contributed by atoms with Crippen molar-refractivity contribution in [2.24, 2.45) is 0 Å². The molecule has 2 aliphatic rings. The average molecular weight is 515 g/mol. The van der Waals surface area contributed by atoms with E-state index in [0.717, 1.165) is 118 Å². The van der Waals surface area contributed by atoms with Crippen molar-refractivity contribution in [1.82, 2.24) is 0 Å². The predicted octanol–water partition coefficient (Wildman–Crippen LogP) is 8.65. The van der Waals surface area contributed by atoms with E-state index in [1.165, 1.54) is 5.56 Å². The van der Waals surface area contributed by atoms with E-state index >= 15 is 0 Å². The first-order chi connectivity index (χ1) is 17.3. The molecule has 0 radical (unpaired) electrons. The normalized spacial score (nSPS) is 20.9. The summed E-state index contributed by atoms with van der Waals surface area (Å²) in [6, 6.07) is 0. The minimum absolute atomic E-state index is 0.200. The largest absolute Gasteiger partial charge is 0.464 e. The number of rotatable bonds is 13. The average Bonchev–Trinajstić information content (AvgIpc) is 2.86. The predicted molar refractivity (Wildman–Crippen MR) is 136 cm³/mol. The van der Waals surface area contributed by atoms with Crippen LogP contribution < -0.4 is 9.47 Å². The van der Waals surface area contributed by atoms with E-state index in [0.29, 0.717) is 6.42 Å². The van der Waals surface area contributed by atoms with Gasteiger partial charge in [-0.3, -0.25) is 0 Å². The summed E-state index contributed by atoms with van der Waals surface area (Å²) < 4.78 is 61.5. The van der Waals surface area contributed by atoms with Crippen LogP contribution in [0.3, 0.4) is 0 Å². The molecular formula is C29H45F3O4. The molecule has 0 saturated carbocycles. The zero-order valence-electron chi connectivity index (χ0n) is 22.4. The molecule has 2 atom stereocenters. The zero-order valence-corrected chi connectivity index (χ0v) is 22.4. The third-order valence-corrected chi connectivity index (χ3v) is 7.47. The molecule has 0 amide bonds. The van der Waals surface area contributed by atoms with E-state index in [1.54, 1.807) is 0 Å². The molecule has 36 heavy (non-hydrogen) atoms. The molecule has 1 aromatic carbocycles. The molecule has 0 bridgehead atoms. The van der Waals surface area contributed by atoms with Crippen LogP contribution >= 0.6 is 0 Å². The second-order valence-corrected chi connectivity index (χ2v) is 10.4. The molecule has 2 unspecified atom stereocenters. The lowest BCUT2D eigenvalue weighted by atomic mass is 9.93. The highest BCUT2D eigenvalue weighted by atomic mass is 19.4. The van der Waals surface area contributed by atoms with Gasteiger partial charge in [-0.25, -0.2) is 0 Å². The van der Waals surface area contributed by atoms with Gasteiger partial charge in [0.15, 0.2) is 12.6 Å². The highest BCUT2D eigenvalue weighted by Crippen LogP contribution is 2.41. The van der Waals surface area contributed by atoms with Crippen LogP contribution in [0, 0.1) is 20.8 Å². The molecule has 4 nitrogen and oxygen atoms in total. The summed E-state index contributed by atoms with van der Waals surface area (Å²) in [6.07, 6.45) is 7.81. The van der Waals surface area contributed by atoms with Crippen LogP contribution in [-0.4, -0.2) is 32.0 Å². The Morgan fingerprint density at radius 1 is 0.667 bits per heavy atom. The topological polar surface area (TPSA) is 36.9 Å². The molecule has 0 N–H and O–H groups in total. The van der Waals surface area contributed by atoms with Crippen LogP contribution in [0.25, 0.3) is 0 Å². The Morgan fingerprint density at radius 2 is 1.17 bits per heavy atom. The Kier molecular flexibility index (Phi) is 11.7.